The minimum atomic E-state index is -4.42. The Balaban J connectivity index is 0.00000420. The van der Waals surface area contributed by atoms with Gasteiger partial charge in [-0.15, -0.1) is 24.0 Å². The zero-order valence-corrected chi connectivity index (χ0v) is 18.2. The Morgan fingerprint density at radius 2 is 1.76 bits per heavy atom. The van der Waals surface area contributed by atoms with Crippen molar-refractivity contribution in [3.05, 3.63) is 53.9 Å². The first-order chi connectivity index (χ1) is 13.4. The van der Waals surface area contributed by atoms with Crippen LogP contribution < -0.4 is 16.0 Å². The maximum Gasteiger partial charge on any atom is 0.416 e. The van der Waals surface area contributed by atoms with Gasteiger partial charge in [-0.1, -0.05) is 0 Å². The number of nitrogens with zero attached hydrogens (tertiary/aromatic N) is 3. The molecule has 0 aliphatic heterocycles. The third kappa shape index (κ3) is 8.71. The van der Waals surface area contributed by atoms with Gasteiger partial charge in [0.15, 0.2) is 5.96 Å². The summed E-state index contributed by atoms with van der Waals surface area (Å²) in [6, 6.07) is 5.97. The van der Waals surface area contributed by atoms with E-state index in [1.165, 1.54) is 0 Å². The lowest BCUT2D eigenvalue weighted by Gasteiger charge is -2.12. The molecule has 0 atom stereocenters. The molecule has 1 heterocycles. The number of benzene rings is 1. The second-order valence-corrected chi connectivity index (χ2v) is 5.88. The topological polar surface area (TPSA) is 83.3 Å². The molecule has 0 aliphatic rings. The Bertz CT molecular complexity index is 763. The van der Waals surface area contributed by atoms with E-state index in [4.69, 9.17) is 0 Å². The van der Waals surface area contributed by atoms with Gasteiger partial charge in [-0.3, -0.25) is 14.5 Å². The fraction of sp³-hybridized carbons (Fsp3) is 0.389. The number of rotatable bonds is 8. The second-order valence-electron chi connectivity index (χ2n) is 5.88. The number of aromatic nitrogens is 2. The summed E-state index contributed by atoms with van der Waals surface area (Å²) in [6.45, 7) is 2.22. The molecule has 0 fully saturated rings. The molecule has 11 heteroatoms. The van der Waals surface area contributed by atoms with E-state index in [9.17, 15) is 18.0 Å². The van der Waals surface area contributed by atoms with Crippen LogP contribution in [0.15, 0.2) is 47.7 Å². The van der Waals surface area contributed by atoms with Crippen molar-refractivity contribution < 1.29 is 18.0 Å². The predicted molar refractivity (Wildman–Crippen MR) is 115 cm³/mol. The third-order valence-corrected chi connectivity index (χ3v) is 3.82. The van der Waals surface area contributed by atoms with Gasteiger partial charge in [0.05, 0.1) is 5.56 Å². The number of hydrogen-bond donors (Lipinski definition) is 3. The number of nitrogens with one attached hydrogen (secondary N) is 3. The maximum absolute atomic E-state index is 12.5. The average molecular weight is 524 g/mol. The quantitative estimate of drug-likeness (QED) is 0.215. The van der Waals surface area contributed by atoms with Crippen molar-refractivity contribution >= 4 is 35.8 Å². The molecule has 1 amide bonds. The van der Waals surface area contributed by atoms with Crippen molar-refractivity contribution in [1.29, 1.82) is 0 Å². The van der Waals surface area contributed by atoms with Crippen LogP contribution in [0.25, 0.3) is 0 Å². The molecule has 2 aromatic rings. The van der Waals surface area contributed by atoms with Crippen LogP contribution in [0.2, 0.25) is 0 Å². The molecule has 0 unspecified atom stereocenters. The van der Waals surface area contributed by atoms with Crippen molar-refractivity contribution in [2.45, 2.75) is 19.1 Å². The molecule has 0 radical (unpaired) electrons. The van der Waals surface area contributed by atoms with E-state index >= 15 is 0 Å². The highest BCUT2D eigenvalue weighted by Gasteiger charge is 2.30. The highest BCUT2D eigenvalue weighted by atomic mass is 127. The molecule has 29 heavy (non-hydrogen) atoms. The van der Waals surface area contributed by atoms with E-state index in [1.807, 2.05) is 16.9 Å². The van der Waals surface area contributed by atoms with Gasteiger partial charge >= 0.3 is 6.18 Å². The Labute approximate surface area is 184 Å². The van der Waals surface area contributed by atoms with Gasteiger partial charge in [0, 0.05) is 51.2 Å². The summed E-state index contributed by atoms with van der Waals surface area (Å²) in [5.74, 6) is 0.168. The van der Waals surface area contributed by atoms with Gasteiger partial charge in [0.1, 0.15) is 0 Å². The van der Waals surface area contributed by atoms with Crippen LogP contribution in [0.4, 0.5) is 13.2 Å². The molecule has 2 rings (SSSR count). The van der Waals surface area contributed by atoms with Crippen molar-refractivity contribution in [3.8, 4) is 0 Å². The summed E-state index contributed by atoms with van der Waals surface area (Å²) in [4.78, 5) is 16.1. The largest absolute Gasteiger partial charge is 0.416 e. The molecule has 3 N–H and O–H groups in total. The first kappa shape index (κ1) is 24.7. The number of carbonyl (C=O) groups excluding carboxylic acids is 1. The van der Waals surface area contributed by atoms with Crippen LogP contribution in [0.3, 0.4) is 0 Å². The minimum absolute atomic E-state index is 0. The van der Waals surface area contributed by atoms with E-state index in [0.717, 1.165) is 37.2 Å². The number of alkyl halides is 3. The van der Waals surface area contributed by atoms with Crippen molar-refractivity contribution in [2.24, 2.45) is 4.99 Å². The van der Waals surface area contributed by atoms with Crippen molar-refractivity contribution in [3.63, 3.8) is 0 Å². The zero-order chi connectivity index (χ0) is 20.4. The monoisotopic (exact) mass is 524 g/mol. The number of aryl methyl sites for hydroxylation is 1. The van der Waals surface area contributed by atoms with Crippen LogP contribution in [-0.4, -0.2) is 48.3 Å². The lowest BCUT2D eigenvalue weighted by molar-refractivity contribution is -0.137. The highest BCUT2D eigenvalue weighted by molar-refractivity contribution is 14.0. The molecule has 7 nitrogen and oxygen atoms in total. The lowest BCUT2D eigenvalue weighted by atomic mass is 10.1. The van der Waals surface area contributed by atoms with E-state index < -0.39 is 17.6 Å². The highest BCUT2D eigenvalue weighted by Crippen LogP contribution is 2.28. The van der Waals surface area contributed by atoms with Crippen LogP contribution in [0.1, 0.15) is 22.3 Å². The summed E-state index contributed by atoms with van der Waals surface area (Å²) < 4.78 is 39.4. The Morgan fingerprint density at radius 3 is 2.34 bits per heavy atom. The first-order valence-electron chi connectivity index (χ1n) is 8.77. The summed E-state index contributed by atoms with van der Waals surface area (Å²) in [5, 5.41) is 13.0. The van der Waals surface area contributed by atoms with Crippen molar-refractivity contribution in [2.75, 3.05) is 26.7 Å². The van der Waals surface area contributed by atoms with E-state index in [2.05, 4.69) is 26.0 Å². The van der Waals surface area contributed by atoms with Gasteiger partial charge in [0.2, 0.25) is 0 Å². The third-order valence-electron chi connectivity index (χ3n) is 3.82. The van der Waals surface area contributed by atoms with E-state index in [0.29, 0.717) is 25.6 Å². The van der Waals surface area contributed by atoms with Gasteiger partial charge in [-0.2, -0.15) is 18.3 Å². The molecular weight excluding hydrogens is 500 g/mol. The maximum atomic E-state index is 12.5. The predicted octanol–water partition coefficient (Wildman–Crippen LogP) is 2.51. The molecular formula is C18H24F3IN6O. The smallest absolute Gasteiger partial charge is 0.356 e. The standard InChI is InChI=1S/C18H23F3N6O.HI/c1-22-17(24-8-2-12-27-13-3-9-26-27)25-11-10-23-16(28)14-4-6-15(7-5-14)18(19,20)21;/h3-7,9,13H,2,8,10-12H2,1H3,(H,23,28)(H2,22,24,25);1H. The Morgan fingerprint density at radius 1 is 1.10 bits per heavy atom. The van der Waals surface area contributed by atoms with Gasteiger partial charge in [-0.25, -0.2) is 0 Å². The Hall–Kier alpha value is -2.31. The second kappa shape index (κ2) is 12.3. The number of aliphatic imine (C=N–C) groups is 1. The van der Waals surface area contributed by atoms with Gasteiger partial charge in [0.25, 0.3) is 5.91 Å². The van der Waals surface area contributed by atoms with Crippen molar-refractivity contribution in [1.82, 2.24) is 25.7 Å². The van der Waals surface area contributed by atoms with Crippen LogP contribution >= 0.6 is 24.0 Å². The SMILES string of the molecule is CN=C(NCCCn1cccn1)NCCNC(=O)c1ccc(C(F)(F)F)cc1.I. The molecule has 0 saturated carbocycles. The minimum Gasteiger partial charge on any atom is -0.356 e. The molecule has 0 spiro atoms. The molecule has 160 valence electrons. The van der Waals surface area contributed by atoms with Gasteiger partial charge in [-0.05, 0) is 36.8 Å². The lowest BCUT2D eigenvalue weighted by Crippen LogP contribution is -2.42. The van der Waals surface area contributed by atoms with E-state index in [-0.39, 0.29) is 29.5 Å². The van der Waals surface area contributed by atoms with Crippen LogP contribution in [0.5, 0.6) is 0 Å². The van der Waals surface area contributed by atoms with Crippen LogP contribution in [0, 0.1) is 0 Å². The first-order valence-corrected chi connectivity index (χ1v) is 8.77. The normalized spacial score (nSPS) is 11.5. The van der Waals surface area contributed by atoms with E-state index in [1.54, 1.807) is 13.2 Å². The number of halogens is 4. The molecule has 0 bridgehead atoms. The number of guanidine groups is 1. The molecule has 1 aromatic carbocycles. The molecule has 0 saturated heterocycles. The summed E-state index contributed by atoms with van der Waals surface area (Å²) >= 11 is 0. The molecule has 1 aromatic heterocycles. The van der Waals surface area contributed by atoms with Gasteiger partial charge < -0.3 is 16.0 Å². The molecule has 0 aliphatic carbocycles. The fourth-order valence-electron chi connectivity index (χ4n) is 2.37. The summed E-state index contributed by atoms with van der Waals surface area (Å²) in [5.41, 5.74) is -0.609. The number of amides is 1. The fourth-order valence-corrected chi connectivity index (χ4v) is 2.37. The Kier molecular flexibility index (Phi) is 10.5. The summed E-state index contributed by atoms with van der Waals surface area (Å²) in [7, 11) is 1.64. The van der Waals surface area contributed by atoms with Crippen LogP contribution in [-0.2, 0) is 12.7 Å². The summed E-state index contributed by atoms with van der Waals surface area (Å²) in [6.07, 6.45) is 0.0759. The number of hydrogen-bond acceptors (Lipinski definition) is 3. The number of carbonyl (C=O) groups is 1. The zero-order valence-electron chi connectivity index (χ0n) is 15.9. The average Bonchev–Trinajstić information content (AvgIpc) is 3.19.